The summed E-state index contributed by atoms with van der Waals surface area (Å²) in [4.78, 5) is 10.6. The van der Waals surface area contributed by atoms with E-state index in [2.05, 4.69) is 10.1 Å². The van der Waals surface area contributed by atoms with E-state index < -0.39 is 0 Å². The smallest absolute Gasteiger partial charge is 0.307 e. The molecule has 0 unspecified atom stereocenters. The van der Waals surface area contributed by atoms with Crippen LogP contribution in [-0.2, 0) is 14.3 Å². The summed E-state index contributed by atoms with van der Waals surface area (Å²) in [6.45, 7) is 2.26. The molecule has 0 spiro atoms. The largest absolute Gasteiger partial charge is 0.469 e. The van der Waals surface area contributed by atoms with Crippen LogP contribution in [0.2, 0.25) is 0 Å². The molecule has 0 aromatic heterocycles. The van der Waals surface area contributed by atoms with Gasteiger partial charge in [0, 0.05) is 6.04 Å². The summed E-state index contributed by atoms with van der Waals surface area (Å²) in [5, 5.41) is 3.21. The van der Waals surface area contributed by atoms with Gasteiger partial charge in [0.15, 0.2) is 0 Å². The van der Waals surface area contributed by atoms with Gasteiger partial charge in [-0.05, 0) is 13.0 Å². The molecule has 0 aromatic rings. The molecular formula is C8H15NO3. The molecule has 0 aromatic carbocycles. The Balaban J connectivity index is 1.85. The van der Waals surface area contributed by atoms with Gasteiger partial charge in [0.25, 0.3) is 0 Å². The molecule has 0 saturated carbocycles. The quantitative estimate of drug-likeness (QED) is 0.467. The average Bonchev–Trinajstić information content (AvgIpc) is 2.00. The van der Waals surface area contributed by atoms with Crippen LogP contribution >= 0.6 is 0 Å². The number of ether oxygens (including phenoxy) is 2. The van der Waals surface area contributed by atoms with Crippen molar-refractivity contribution in [1.29, 1.82) is 0 Å². The fourth-order valence-electron chi connectivity index (χ4n) is 0.974. The normalized spacial score (nSPS) is 21.6. The highest BCUT2D eigenvalue weighted by molar-refractivity contribution is 5.69. The summed E-state index contributed by atoms with van der Waals surface area (Å²) < 4.78 is 9.71. The van der Waals surface area contributed by atoms with Crippen LogP contribution in [0.3, 0.4) is 0 Å². The van der Waals surface area contributed by atoms with Crippen LogP contribution < -0.4 is 5.32 Å². The summed E-state index contributed by atoms with van der Waals surface area (Å²) in [7, 11) is 1.38. The number of hydrogen-bond acceptors (Lipinski definition) is 4. The summed E-state index contributed by atoms with van der Waals surface area (Å²) in [5.74, 6) is -0.212. The second-order valence-corrected chi connectivity index (χ2v) is 2.84. The molecule has 12 heavy (non-hydrogen) atoms. The highest BCUT2D eigenvalue weighted by Gasteiger charge is 2.15. The molecule has 1 aliphatic heterocycles. The van der Waals surface area contributed by atoms with E-state index in [9.17, 15) is 4.79 Å². The number of esters is 1. The van der Waals surface area contributed by atoms with Crippen LogP contribution in [0.5, 0.6) is 0 Å². The van der Waals surface area contributed by atoms with Crippen molar-refractivity contribution in [2.75, 3.05) is 26.9 Å². The van der Waals surface area contributed by atoms with E-state index in [0.717, 1.165) is 6.54 Å². The van der Waals surface area contributed by atoms with Gasteiger partial charge in [0.1, 0.15) is 0 Å². The lowest BCUT2D eigenvalue weighted by molar-refractivity contribution is -0.141. The molecule has 1 heterocycles. The first-order valence-corrected chi connectivity index (χ1v) is 4.21. The highest BCUT2D eigenvalue weighted by atomic mass is 16.5. The fraction of sp³-hybridized carbons (Fsp3) is 0.875. The third-order valence-corrected chi connectivity index (χ3v) is 1.92. The van der Waals surface area contributed by atoms with E-state index in [1.165, 1.54) is 13.5 Å². The molecule has 0 bridgehead atoms. The Hall–Kier alpha value is -0.610. The number of methoxy groups -OCH3 is 1. The maximum atomic E-state index is 10.6. The van der Waals surface area contributed by atoms with Crippen LogP contribution in [-0.4, -0.2) is 38.9 Å². The molecule has 0 amide bonds. The lowest BCUT2D eigenvalue weighted by Gasteiger charge is -2.27. The minimum Gasteiger partial charge on any atom is -0.469 e. The van der Waals surface area contributed by atoms with Crippen molar-refractivity contribution in [3.8, 4) is 0 Å². The summed E-state index contributed by atoms with van der Waals surface area (Å²) >= 11 is 0. The van der Waals surface area contributed by atoms with Gasteiger partial charge in [-0.15, -0.1) is 0 Å². The number of nitrogens with one attached hydrogen (secondary N) is 1. The van der Waals surface area contributed by atoms with Gasteiger partial charge in [0.2, 0.25) is 0 Å². The molecule has 1 fully saturated rings. The Kier molecular flexibility index (Phi) is 4.04. The molecular weight excluding hydrogens is 158 g/mol. The van der Waals surface area contributed by atoms with Gasteiger partial charge in [-0.2, -0.15) is 0 Å². The fourth-order valence-corrected chi connectivity index (χ4v) is 0.974. The highest BCUT2D eigenvalue weighted by Crippen LogP contribution is 2.01. The van der Waals surface area contributed by atoms with Crippen molar-refractivity contribution in [3.05, 3.63) is 0 Å². The molecule has 4 nitrogen and oxygen atoms in total. The van der Waals surface area contributed by atoms with E-state index in [1.807, 2.05) is 0 Å². The van der Waals surface area contributed by atoms with Crippen molar-refractivity contribution >= 4 is 5.97 Å². The number of carbonyl (C=O) groups excluding carboxylic acids is 1. The standard InChI is InChI=1S/C8H15NO3/c1-11-8(10)3-5-12-6-7-2-4-9-7/h7,9H,2-6H2,1H3/t7-/m0/s1. The Morgan fingerprint density at radius 3 is 2.92 bits per heavy atom. The van der Waals surface area contributed by atoms with Crippen LogP contribution in [0.15, 0.2) is 0 Å². The van der Waals surface area contributed by atoms with Crippen molar-refractivity contribution in [3.63, 3.8) is 0 Å². The lowest BCUT2D eigenvalue weighted by Crippen LogP contribution is -2.46. The van der Waals surface area contributed by atoms with Gasteiger partial charge in [-0.1, -0.05) is 0 Å². The van der Waals surface area contributed by atoms with Crippen LogP contribution in [0.4, 0.5) is 0 Å². The summed E-state index contributed by atoms with van der Waals surface area (Å²) in [6, 6.07) is 0.502. The van der Waals surface area contributed by atoms with Crippen molar-refractivity contribution in [2.45, 2.75) is 18.9 Å². The van der Waals surface area contributed by atoms with Crippen LogP contribution in [0.25, 0.3) is 0 Å². The maximum absolute atomic E-state index is 10.6. The third kappa shape index (κ3) is 3.19. The number of carbonyl (C=O) groups is 1. The first kappa shape index (κ1) is 9.48. The zero-order chi connectivity index (χ0) is 8.81. The van der Waals surface area contributed by atoms with E-state index in [1.54, 1.807) is 0 Å². The van der Waals surface area contributed by atoms with E-state index in [-0.39, 0.29) is 5.97 Å². The van der Waals surface area contributed by atoms with Gasteiger partial charge in [-0.3, -0.25) is 4.79 Å². The first-order valence-electron chi connectivity index (χ1n) is 4.21. The van der Waals surface area contributed by atoms with Gasteiger partial charge in [-0.25, -0.2) is 0 Å². The molecule has 4 heteroatoms. The van der Waals surface area contributed by atoms with Crippen molar-refractivity contribution < 1.29 is 14.3 Å². The van der Waals surface area contributed by atoms with Crippen LogP contribution in [0, 0.1) is 0 Å². The molecule has 1 rings (SSSR count). The predicted molar refractivity (Wildman–Crippen MR) is 43.9 cm³/mol. The second kappa shape index (κ2) is 5.11. The minimum atomic E-state index is -0.212. The average molecular weight is 173 g/mol. The van der Waals surface area contributed by atoms with Gasteiger partial charge < -0.3 is 14.8 Å². The second-order valence-electron chi connectivity index (χ2n) is 2.84. The van der Waals surface area contributed by atoms with Crippen molar-refractivity contribution in [1.82, 2.24) is 5.32 Å². The molecule has 1 aliphatic rings. The Morgan fingerprint density at radius 1 is 1.67 bits per heavy atom. The lowest BCUT2D eigenvalue weighted by atomic mass is 10.1. The summed E-state index contributed by atoms with van der Waals surface area (Å²) in [6.07, 6.45) is 1.53. The molecule has 1 N–H and O–H groups in total. The maximum Gasteiger partial charge on any atom is 0.307 e. The zero-order valence-corrected chi connectivity index (χ0v) is 7.34. The SMILES string of the molecule is COC(=O)CCOC[C@@H]1CCN1. The van der Waals surface area contributed by atoms with Crippen molar-refractivity contribution in [2.24, 2.45) is 0 Å². The van der Waals surface area contributed by atoms with Crippen LogP contribution in [0.1, 0.15) is 12.8 Å². The zero-order valence-electron chi connectivity index (χ0n) is 7.34. The molecule has 70 valence electrons. The Labute approximate surface area is 72.2 Å². The van der Waals surface area contributed by atoms with E-state index in [4.69, 9.17) is 4.74 Å². The van der Waals surface area contributed by atoms with Gasteiger partial charge >= 0.3 is 5.97 Å². The molecule has 0 aliphatic carbocycles. The first-order chi connectivity index (χ1) is 5.83. The van der Waals surface area contributed by atoms with E-state index >= 15 is 0 Å². The molecule has 1 atom stereocenters. The molecule has 0 radical (unpaired) electrons. The van der Waals surface area contributed by atoms with E-state index in [0.29, 0.717) is 25.7 Å². The minimum absolute atomic E-state index is 0.212. The summed E-state index contributed by atoms with van der Waals surface area (Å²) in [5.41, 5.74) is 0. The Bertz CT molecular complexity index is 145. The van der Waals surface area contributed by atoms with Gasteiger partial charge in [0.05, 0.1) is 26.7 Å². The number of rotatable bonds is 5. The molecule has 1 saturated heterocycles. The topological polar surface area (TPSA) is 47.6 Å². The third-order valence-electron chi connectivity index (χ3n) is 1.92. The predicted octanol–water partition coefficient (Wildman–Crippen LogP) is -0.0720. The monoisotopic (exact) mass is 173 g/mol. The Morgan fingerprint density at radius 2 is 2.42 bits per heavy atom. The number of hydrogen-bond donors (Lipinski definition) is 1.